The maximum Gasteiger partial charge on any atom is 0.155 e. The molecule has 0 saturated heterocycles. The first kappa shape index (κ1) is 27.0. The predicted molar refractivity (Wildman–Crippen MR) is 202 cm³/mol. The molecule has 0 fully saturated rings. The largest absolute Gasteiger partial charge is 0.459 e. The molecule has 0 N–H and O–H groups in total. The third-order valence-electron chi connectivity index (χ3n) is 10.1. The lowest BCUT2D eigenvalue weighted by atomic mass is 9.88. The summed E-state index contributed by atoms with van der Waals surface area (Å²) in [4.78, 5) is 2.43. The molecule has 2 nitrogen and oxygen atoms in total. The van der Waals surface area contributed by atoms with Gasteiger partial charge in [0.05, 0.1) is 11.4 Å². The molecular weight excluding hydrogens is 583 g/mol. The molecule has 1 aliphatic heterocycles. The maximum atomic E-state index is 6.89. The second-order valence-electron chi connectivity index (χ2n) is 12.8. The van der Waals surface area contributed by atoms with E-state index in [9.17, 15) is 0 Å². The molecule has 0 amide bonds. The molecule has 0 saturated carbocycles. The van der Waals surface area contributed by atoms with Crippen LogP contribution in [0, 0.1) is 0 Å². The predicted octanol–water partition coefficient (Wildman–Crippen LogP) is 12.8. The van der Waals surface area contributed by atoms with Gasteiger partial charge in [0.15, 0.2) is 5.75 Å². The number of allylic oxidation sites excluding steroid dienone is 4. The van der Waals surface area contributed by atoms with E-state index in [0.717, 1.165) is 35.0 Å². The Bertz CT molecular complexity index is 2610. The molecule has 226 valence electrons. The van der Waals surface area contributed by atoms with Crippen LogP contribution in [0.2, 0.25) is 0 Å². The van der Waals surface area contributed by atoms with E-state index in [-0.39, 0.29) is 5.92 Å². The molecule has 1 atom stereocenters. The number of hydrogen-bond acceptors (Lipinski definition) is 2. The average Bonchev–Trinajstić information content (AvgIpc) is 3.56. The van der Waals surface area contributed by atoms with Crippen LogP contribution in [0.3, 0.4) is 0 Å². The fraction of sp³-hybridized carbons (Fsp3) is 0.0435. The van der Waals surface area contributed by atoms with E-state index in [2.05, 4.69) is 175 Å². The minimum atomic E-state index is 0.205. The zero-order chi connectivity index (χ0) is 31.6. The van der Waals surface area contributed by atoms with Crippen LogP contribution in [0.25, 0.3) is 54.2 Å². The molecule has 10 rings (SSSR count). The highest BCUT2D eigenvalue weighted by molar-refractivity contribution is 6.23. The van der Waals surface area contributed by atoms with Crippen LogP contribution in [0.4, 0.5) is 17.1 Å². The summed E-state index contributed by atoms with van der Waals surface area (Å²) in [5, 5.41) is 9.94. The molecule has 0 radical (unpaired) electrons. The lowest BCUT2D eigenvalue weighted by Gasteiger charge is -2.29. The summed E-state index contributed by atoms with van der Waals surface area (Å²) in [7, 11) is 0. The van der Waals surface area contributed by atoms with Gasteiger partial charge < -0.3 is 9.64 Å². The summed E-state index contributed by atoms with van der Waals surface area (Å²) in [5.41, 5.74) is 6.94. The van der Waals surface area contributed by atoms with Gasteiger partial charge in [-0.15, -0.1) is 0 Å². The molecule has 1 heterocycles. The number of ether oxygens (including phenoxy) is 1. The summed E-state index contributed by atoms with van der Waals surface area (Å²) in [6.45, 7) is 0. The normalized spacial score (nSPS) is 15.0. The number of anilines is 3. The molecule has 8 aromatic rings. The summed E-state index contributed by atoms with van der Waals surface area (Å²) >= 11 is 0. The van der Waals surface area contributed by atoms with E-state index in [0.29, 0.717) is 0 Å². The number of nitrogens with zero attached hydrogens (tertiary/aromatic N) is 1. The second-order valence-corrected chi connectivity index (χ2v) is 12.8. The van der Waals surface area contributed by atoms with Gasteiger partial charge >= 0.3 is 0 Å². The van der Waals surface area contributed by atoms with Crippen molar-refractivity contribution in [3.63, 3.8) is 0 Å². The number of fused-ring (bicyclic) bond motifs is 10. The third-order valence-corrected chi connectivity index (χ3v) is 10.1. The van der Waals surface area contributed by atoms with Crippen molar-refractivity contribution in [2.24, 2.45) is 0 Å². The Morgan fingerprint density at radius 3 is 2.00 bits per heavy atom. The standard InChI is InChI=1S/C46H31NO/c1-2-12-30(13-3-1)31-24-26-35(27-25-31)47(42-28-33-15-5-7-17-37(33)45-40-20-10-11-21-43(40)48-46(42)45)41-29-34-23-22-32-14-4-6-16-36(32)44(34)39-19-9-8-18-38(39)41/h1-19,21-29,40H,20H2. The fourth-order valence-corrected chi connectivity index (χ4v) is 7.94. The van der Waals surface area contributed by atoms with E-state index in [1.807, 2.05) is 0 Å². The third kappa shape index (κ3) is 4.13. The quantitative estimate of drug-likeness (QED) is 0.183. The van der Waals surface area contributed by atoms with Crippen molar-refractivity contribution in [2.45, 2.75) is 12.3 Å². The van der Waals surface area contributed by atoms with Crippen molar-refractivity contribution < 1.29 is 4.74 Å². The van der Waals surface area contributed by atoms with Crippen LogP contribution in [0.1, 0.15) is 17.9 Å². The summed E-state index contributed by atoms with van der Waals surface area (Å²) in [5.74, 6) is 2.18. The molecule has 2 aliphatic rings. The van der Waals surface area contributed by atoms with Crippen LogP contribution >= 0.6 is 0 Å². The Kier molecular flexibility index (Phi) is 6.04. The minimum absolute atomic E-state index is 0.205. The van der Waals surface area contributed by atoms with Crippen molar-refractivity contribution in [1.82, 2.24) is 0 Å². The zero-order valence-corrected chi connectivity index (χ0v) is 26.3. The van der Waals surface area contributed by atoms with Gasteiger partial charge in [0, 0.05) is 22.6 Å². The van der Waals surface area contributed by atoms with Crippen LogP contribution in [0.15, 0.2) is 176 Å². The van der Waals surface area contributed by atoms with Crippen molar-refractivity contribution in [3.05, 3.63) is 181 Å². The van der Waals surface area contributed by atoms with Gasteiger partial charge in [0.1, 0.15) is 5.76 Å². The highest BCUT2D eigenvalue weighted by Gasteiger charge is 2.36. The molecular formula is C46H31NO. The fourth-order valence-electron chi connectivity index (χ4n) is 7.94. The van der Waals surface area contributed by atoms with Crippen molar-refractivity contribution in [3.8, 4) is 16.9 Å². The molecule has 0 spiro atoms. The van der Waals surface area contributed by atoms with Gasteiger partial charge in [-0.25, -0.2) is 0 Å². The van der Waals surface area contributed by atoms with Crippen LogP contribution in [-0.4, -0.2) is 0 Å². The van der Waals surface area contributed by atoms with Gasteiger partial charge in [-0.3, -0.25) is 0 Å². The van der Waals surface area contributed by atoms with Crippen molar-refractivity contribution in [2.75, 3.05) is 4.90 Å². The number of hydrogen-bond donors (Lipinski definition) is 0. The smallest absolute Gasteiger partial charge is 0.155 e. The van der Waals surface area contributed by atoms with Gasteiger partial charge in [-0.1, -0.05) is 140 Å². The van der Waals surface area contributed by atoms with E-state index >= 15 is 0 Å². The Labute approximate surface area is 279 Å². The average molecular weight is 614 g/mol. The van der Waals surface area contributed by atoms with E-state index in [1.165, 1.54) is 59.8 Å². The summed E-state index contributed by atoms with van der Waals surface area (Å²) in [6, 6.07) is 55.1. The molecule has 1 aliphatic carbocycles. The van der Waals surface area contributed by atoms with Crippen molar-refractivity contribution in [1.29, 1.82) is 0 Å². The van der Waals surface area contributed by atoms with Crippen LogP contribution in [0.5, 0.6) is 5.75 Å². The Hall–Kier alpha value is -6.12. The first-order valence-electron chi connectivity index (χ1n) is 16.7. The Morgan fingerprint density at radius 1 is 0.521 bits per heavy atom. The Morgan fingerprint density at radius 2 is 1.17 bits per heavy atom. The molecule has 48 heavy (non-hydrogen) atoms. The van der Waals surface area contributed by atoms with Gasteiger partial charge in [0.25, 0.3) is 0 Å². The van der Waals surface area contributed by atoms with E-state index in [4.69, 9.17) is 4.74 Å². The first-order chi connectivity index (χ1) is 23.8. The highest BCUT2D eigenvalue weighted by Crippen LogP contribution is 2.55. The lowest BCUT2D eigenvalue weighted by molar-refractivity contribution is 0.426. The lowest BCUT2D eigenvalue weighted by Crippen LogP contribution is -2.12. The number of rotatable bonds is 4. The monoisotopic (exact) mass is 613 g/mol. The first-order valence-corrected chi connectivity index (χ1v) is 16.7. The molecule has 1 unspecified atom stereocenters. The van der Waals surface area contributed by atoms with Gasteiger partial charge in [-0.2, -0.15) is 0 Å². The molecule has 8 aromatic carbocycles. The maximum absolute atomic E-state index is 6.89. The zero-order valence-electron chi connectivity index (χ0n) is 26.3. The van der Waals surface area contributed by atoms with Gasteiger partial charge in [0.2, 0.25) is 0 Å². The topological polar surface area (TPSA) is 12.5 Å². The second kappa shape index (κ2) is 10.7. The molecule has 0 aromatic heterocycles. The Balaban J connectivity index is 1.29. The molecule has 0 bridgehead atoms. The minimum Gasteiger partial charge on any atom is -0.459 e. The highest BCUT2D eigenvalue weighted by atomic mass is 16.5. The molecule has 2 heteroatoms. The van der Waals surface area contributed by atoms with Crippen LogP contribution in [-0.2, 0) is 0 Å². The summed E-state index contributed by atoms with van der Waals surface area (Å²) in [6.07, 6.45) is 7.46. The van der Waals surface area contributed by atoms with Gasteiger partial charge in [-0.05, 0) is 85.6 Å². The number of benzene rings is 8. The van der Waals surface area contributed by atoms with E-state index in [1.54, 1.807) is 0 Å². The van der Waals surface area contributed by atoms with Crippen molar-refractivity contribution >= 4 is 60.2 Å². The SMILES string of the molecule is C1=CCC2C(=C1)Oc1c(N(c3ccc(-c4ccccc4)cc3)c3cc4ccc5ccccc5c4c4ccccc34)cc3ccccc3c12. The van der Waals surface area contributed by atoms with Crippen LogP contribution < -0.4 is 9.64 Å². The van der Waals surface area contributed by atoms with E-state index < -0.39 is 0 Å². The summed E-state index contributed by atoms with van der Waals surface area (Å²) < 4.78 is 6.89.